The van der Waals surface area contributed by atoms with E-state index in [-0.39, 0.29) is 5.78 Å². The number of halogens is 1. The molecule has 0 unspecified atom stereocenters. The highest BCUT2D eigenvalue weighted by Gasteiger charge is 2.59. The second-order valence-electron chi connectivity index (χ2n) is 7.73. The molecule has 1 spiro atoms. The Morgan fingerprint density at radius 2 is 1.68 bits per heavy atom. The van der Waals surface area contributed by atoms with Crippen LogP contribution in [0.25, 0.3) is 0 Å². The molecule has 4 nitrogen and oxygen atoms in total. The molecule has 0 amide bonds. The number of para-hydroxylation sites is 1. The number of benzene rings is 3. The van der Waals surface area contributed by atoms with E-state index in [4.69, 9.17) is 16.6 Å². The van der Waals surface area contributed by atoms with Gasteiger partial charge in [-0.25, -0.2) is 4.99 Å². The fourth-order valence-corrected chi connectivity index (χ4v) is 6.08. The van der Waals surface area contributed by atoms with Gasteiger partial charge in [-0.05, 0) is 48.2 Å². The maximum absolute atomic E-state index is 14.1. The summed E-state index contributed by atoms with van der Waals surface area (Å²) in [5.41, 5.74) is 2.49. The number of hydrogen-bond donors (Lipinski definition) is 1. The van der Waals surface area contributed by atoms with Crippen molar-refractivity contribution in [3.63, 3.8) is 0 Å². The predicted octanol–water partition coefficient (Wildman–Crippen LogP) is 6.50. The van der Waals surface area contributed by atoms with Crippen LogP contribution in [0.3, 0.4) is 0 Å². The van der Waals surface area contributed by atoms with Gasteiger partial charge >= 0.3 is 0 Å². The molecule has 0 saturated carbocycles. The van der Waals surface area contributed by atoms with E-state index in [1.165, 1.54) is 11.8 Å². The monoisotopic (exact) mass is 446 g/mol. The Labute approximate surface area is 189 Å². The molecule has 6 heteroatoms. The first-order valence-electron chi connectivity index (χ1n) is 10.1. The van der Waals surface area contributed by atoms with Crippen molar-refractivity contribution in [2.24, 2.45) is 15.6 Å². The fourth-order valence-electron chi connectivity index (χ4n) is 4.61. The number of aryl methyl sites for hydroxylation is 1. The predicted molar refractivity (Wildman–Crippen MR) is 126 cm³/mol. The summed E-state index contributed by atoms with van der Waals surface area (Å²) in [5, 5.41) is 15.3. The van der Waals surface area contributed by atoms with Gasteiger partial charge in [0.25, 0.3) is 0 Å². The quantitative estimate of drug-likeness (QED) is 0.360. The van der Waals surface area contributed by atoms with Crippen LogP contribution in [0.15, 0.2) is 89.0 Å². The van der Waals surface area contributed by atoms with E-state index in [2.05, 4.69) is 5.16 Å². The first-order chi connectivity index (χ1) is 15.1. The maximum atomic E-state index is 14.1. The van der Waals surface area contributed by atoms with E-state index in [0.29, 0.717) is 27.1 Å². The molecule has 5 rings (SSSR count). The third-order valence-electron chi connectivity index (χ3n) is 6.07. The van der Waals surface area contributed by atoms with Gasteiger partial charge in [-0.1, -0.05) is 83.1 Å². The van der Waals surface area contributed by atoms with E-state index >= 15 is 0 Å². The zero-order valence-corrected chi connectivity index (χ0v) is 18.1. The molecule has 154 valence electrons. The van der Waals surface area contributed by atoms with Crippen LogP contribution in [-0.2, 0) is 6.42 Å². The molecule has 3 aromatic rings. The van der Waals surface area contributed by atoms with E-state index < -0.39 is 11.3 Å². The number of ketones is 1. The first-order valence-corrected chi connectivity index (χ1v) is 11.2. The van der Waals surface area contributed by atoms with Crippen molar-refractivity contribution >= 4 is 44.9 Å². The summed E-state index contributed by atoms with van der Waals surface area (Å²) < 4.78 is 0. The maximum Gasteiger partial charge on any atom is 0.176 e. The summed E-state index contributed by atoms with van der Waals surface area (Å²) in [6, 6.07) is 24.7. The fraction of sp³-hybridized carbons (Fsp3) is 0.160. The van der Waals surface area contributed by atoms with Crippen LogP contribution >= 0.6 is 23.4 Å². The lowest BCUT2D eigenvalue weighted by Gasteiger charge is -2.37. The highest BCUT2D eigenvalue weighted by atomic mass is 35.5. The molecule has 0 aromatic heterocycles. The van der Waals surface area contributed by atoms with Crippen molar-refractivity contribution in [2.45, 2.75) is 18.8 Å². The van der Waals surface area contributed by atoms with Crippen molar-refractivity contribution in [2.75, 3.05) is 0 Å². The van der Waals surface area contributed by atoms with Crippen LogP contribution < -0.4 is 0 Å². The molecule has 3 aromatic carbocycles. The van der Waals surface area contributed by atoms with E-state index in [9.17, 15) is 10.0 Å². The minimum Gasteiger partial charge on any atom is -0.410 e. The molecule has 1 N–H and O–H groups in total. The first kappa shape index (κ1) is 20.0. The summed E-state index contributed by atoms with van der Waals surface area (Å²) >= 11 is 7.41. The third-order valence-corrected chi connectivity index (χ3v) is 7.49. The summed E-state index contributed by atoms with van der Waals surface area (Å²) in [6.07, 6.45) is 1.34. The van der Waals surface area contributed by atoms with Gasteiger partial charge in [-0.15, -0.1) is 0 Å². The van der Waals surface area contributed by atoms with Crippen molar-refractivity contribution in [1.82, 2.24) is 0 Å². The van der Waals surface area contributed by atoms with Crippen LogP contribution in [0, 0.1) is 5.41 Å². The number of fused-ring (bicyclic) bond motifs is 1. The summed E-state index contributed by atoms with van der Waals surface area (Å²) in [7, 11) is 0. The molecule has 1 aliphatic carbocycles. The van der Waals surface area contributed by atoms with Crippen molar-refractivity contribution in [3.05, 3.63) is 101 Å². The number of aliphatic imine (C=N–C) groups is 1. The van der Waals surface area contributed by atoms with Gasteiger partial charge in [0.2, 0.25) is 0 Å². The summed E-state index contributed by atoms with van der Waals surface area (Å²) in [6.45, 7) is 0. The number of oxime groups is 1. The normalized spacial score (nSPS) is 25.3. The van der Waals surface area contributed by atoms with Crippen molar-refractivity contribution < 1.29 is 10.0 Å². The third kappa shape index (κ3) is 3.29. The zero-order chi connectivity index (χ0) is 21.4. The number of Topliss-reactive ketones (excluding diaryl/α,β-unsaturated/α-hetero) is 1. The number of hydrogen-bond acceptors (Lipinski definition) is 5. The van der Waals surface area contributed by atoms with Gasteiger partial charge in [0, 0.05) is 10.6 Å². The average Bonchev–Trinajstić information content (AvgIpc) is 3.11. The van der Waals surface area contributed by atoms with Gasteiger partial charge < -0.3 is 5.21 Å². The van der Waals surface area contributed by atoms with Crippen LogP contribution in [0.1, 0.15) is 33.8 Å². The molecule has 2 aliphatic rings. The van der Waals surface area contributed by atoms with Gasteiger partial charge in [-0.3, -0.25) is 4.79 Å². The minimum absolute atomic E-state index is 0.0233. The number of carbonyl (C=O) groups is 1. The van der Waals surface area contributed by atoms with Gasteiger partial charge in [-0.2, -0.15) is 0 Å². The second-order valence-corrected chi connectivity index (χ2v) is 9.18. The lowest BCUT2D eigenvalue weighted by atomic mass is 9.62. The summed E-state index contributed by atoms with van der Waals surface area (Å²) in [5.74, 6) is -0.404. The topological polar surface area (TPSA) is 62.0 Å². The number of nitrogens with zero attached hydrogens (tertiary/aromatic N) is 2. The highest BCUT2D eigenvalue weighted by Crippen LogP contribution is 2.57. The van der Waals surface area contributed by atoms with Crippen molar-refractivity contribution in [3.8, 4) is 0 Å². The standard InChI is InChI=1S/C25H19ClN2O2S/c26-18-12-10-17(11-13-18)21-23(28-30)31-24(27-19-7-2-1-3-8-19)25(21)15-14-16-6-4-5-9-20(16)22(25)29/h1-13,21,30H,14-15H2/b27-24?,28-23-/t21-,25+/m1/s1. The number of thioether (sulfide) groups is 1. The minimum atomic E-state index is -0.926. The Hall–Kier alpha value is -2.89. The largest absolute Gasteiger partial charge is 0.410 e. The van der Waals surface area contributed by atoms with E-state index in [0.717, 1.165) is 23.2 Å². The second kappa shape index (κ2) is 7.98. The summed E-state index contributed by atoms with van der Waals surface area (Å²) in [4.78, 5) is 19.0. The Morgan fingerprint density at radius 3 is 2.42 bits per heavy atom. The van der Waals surface area contributed by atoms with Crippen LogP contribution in [0.5, 0.6) is 0 Å². The molecule has 31 heavy (non-hydrogen) atoms. The lowest BCUT2D eigenvalue weighted by Crippen LogP contribution is -2.44. The molecule has 1 saturated heterocycles. The Kier molecular flexibility index (Phi) is 5.16. The molecular formula is C25H19ClN2O2S. The Balaban J connectivity index is 1.75. The van der Waals surface area contributed by atoms with Crippen LogP contribution in [0.2, 0.25) is 5.02 Å². The molecule has 1 heterocycles. The Bertz CT molecular complexity index is 1210. The van der Waals surface area contributed by atoms with Gasteiger partial charge in [0.05, 0.1) is 22.1 Å². The lowest BCUT2D eigenvalue weighted by molar-refractivity contribution is 0.0843. The smallest absolute Gasteiger partial charge is 0.176 e. The van der Waals surface area contributed by atoms with Gasteiger partial charge in [0.15, 0.2) is 5.78 Å². The zero-order valence-electron chi connectivity index (χ0n) is 16.5. The Morgan fingerprint density at radius 1 is 0.968 bits per heavy atom. The van der Waals surface area contributed by atoms with Gasteiger partial charge in [0.1, 0.15) is 5.04 Å². The molecule has 0 radical (unpaired) electrons. The molecule has 1 aliphatic heterocycles. The number of rotatable bonds is 2. The number of carbonyl (C=O) groups excluding carboxylic acids is 1. The van der Waals surface area contributed by atoms with Crippen molar-refractivity contribution in [1.29, 1.82) is 0 Å². The van der Waals surface area contributed by atoms with Crippen LogP contribution in [0.4, 0.5) is 5.69 Å². The SMILES string of the molecule is O=C1c2ccccc2CC[C@@]12C(=Nc1ccccc1)S/C(=N\O)[C@H]2c1ccc(Cl)cc1. The molecule has 0 bridgehead atoms. The molecular weight excluding hydrogens is 428 g/mol. The average molecular weight is 447 g/mol. The molecule has 2 atom stereocenters. The van der Waals surface area contributed by atoms with Crippen LogP contribution in [-0.4, -0.2) is 21.1 Å². The highest BCUT2D eigenvalue weighted by molar-refractivity contribution is 8.27. The molecule has 1 fully saturated rings. The van der Waals surface area contributed by atoms with E-state index in [1.54, 1.807) is 12.1 Å². The van der Waals surface area contributed by atoms with E-state index in [1.807, 2.05) is 66.7 Å².